The lowest BCUT2D eigenvalue weighted by molar-refractivity contribution is -0.144. The number of likely N-dealkylation sites (N-methyl/N-ethyl adjacent to an activating group) is 1. The molecule has 1 unspecified atom stereocenters. The van der Waals surface area contributed by atoms with E-state index in [-0.39, 0.29) is 12.2 Å². The summed E-state index contributed by atoms with van der Waals surface area (Å²) in [5, 5.41) is 19.1. The van der Waals surface area contributed by atoms with Crippen molar-refractivity contribution in [3.05, 3.63) is 54.2 Å². The number of nitrogen functional groups attached to an aromatic ring is 1. The molecule has 1 atom stereocenters. The van der Waals surface area contributed by atoms with Gasteiger partial charge in [-0.1, -0.05) is 11.2 Å². The molecule has 1 aliphatic heterocycles. The van der Waals surface area contributed by atoms with Crippen molar-refractivity contribution < 1.29 is 14.4 Å². The third-order valence-corrected chi connectivity index (χ3v) is 5.49. The summed E-state index contributed by atoms with van der Waals surface area (Å²) in [7, 11) is 1.64. The van der Waals surface area contributed by atoms with Crippen LogP contribution in [0.5, 0.6) is 0 Å². The minimum absolute atomic E-state index is 0.102. The molecular formula is C21H20N8O3. The maximum absolute atomic E-state index is 12.3. The van der Waals surface area contributed by atoms with E-state index in [0.29, 0.717) is 46.7 Å². The molecule has 32 heavy (non-hydrogen) atoms. The van der Waals surface area contributed by atoms with Crippen LogP contribution in [-0.2, 0) is 10.4 Å². The lowest BCUT2D eigenvalue weighted by Crippen LogP contribution is -2.35. The van der Waals surface area contributed by atoms with E-state index >= 15 is 0 Å². The van der Waals surface area contributed by atoms with Crippen molar-refractivity contribution >= 4 is 11.6 Å². The smallest absolute Gasteiger partial charge is 0.262 e. The second-order valence-corrected chi connectivity index (χ2v) is 7.68. The van der Waals surface area contributed by atoms with E-state index in [4.69, 9.17) is 10.3 Å². The Hall–Kier alpha value is -4.12. The van der Waals surface area contributed by atoms with Crippen LogP contribution in [-0.4, -0.2) is 59.4 Å². The van der Waals surface area contributed by atoms with Crippen LogP contribution in [0.1, 0.15) is 17.9 Å². The van der Waals surface area contributed by atoms with Crippen LogP contribution in [0.2, 0.25) is 0 Å². The first-order chi connectivity index (χ1) is 15.3. The molecular weight excluding hydrogens is 412 g/mol. The first-order valence-corrected chi connectivity index (χ1v) is 9.93. The molecule has 162 valence electrons. The molecule has 0 saturated carbocycles. The van der Waals surface area contributed by atoms with Gasteiger partial charge in [0.25, 0.3) is 11.9 Å². The van der Waals surface area contributed by atoms with Crippen molar-refractivity contribution in [1.82, 2.24) is 34.8 Å². The Morgan fingerprint density at radius 3 is 2.59 bits per heavy atom. The van der Waals surface area contributed by atoms with E-state index in [0.717, 1.165) is 0 Å². The van der Waals surface area contributed by atoms with Gasteiger partial charge in [-0.15, -0.1) is 0 Å². The Labute approximate surface area is 182 Å². The summed E-state index contributed by atoms with van der Waals surface area (Å²) in [5.41, 5.74) is 7.50. The van der Waals surface area contributed by atoms with E-state index in [1.54, 1.807) is 44.6 Å². The molecule has 1 saturated heterocycles. The minimum atomic E-state index is -1.71. The number of hydrogen-bond acceptors (Lipinski definition) is 9. The number of likely N-dealkylation sites (tertiary alicyclic amines) is 1. The van der Waals surface area contributed by atoms with Crippen molar-refractivity contribution in [3.8, 4) is 28.7 Å². The number of pyridine rings is 1. The van der Waals surface area contributed by atoms with E-state index in [1.165, 1.54) is 9.58 Å². The van der Waals surface area contributed by atoms with E-state index < -0.39 is 11.5 Å². The summed E-state index contributed by atoms with van der Waals surface area (Å²) < 4.78 is 6.84. The summed E-state index contributed by atoms with van der Waals surface area (Å²) in [6.07, 6.45) is 3.51. The van der Waals surface area contributed by atoms with Gasteiger partial charge in [0, 0.05) is 32.3 Å². The molecule has 4 aromatic heterocycles. The predicted molar refractivity (Wildman–Crippen MR) is 113 cm³/mol. The summed E-state index contributed by atoms with van der Waals surface area (Å²) >= 11 is 0. The van der Waals surface area contributed by atoms with Gasteiger partial charge >= 0.3 is 0 Å². The molecule has 0 aromatic carbocycles. The molecule has 11 nitrogen and oxygen atoms in total. The second kappa shape index (κ2) is 7.24. The zero-order chi connectivity index (χ0) is 22.5. The van der Waals surface area contributed by atoms with Crippen LogP contribution in [0.3, 0.4) is 0 Å². The topological polar surface area (TPSA) is 149 Å². The number of rotatable bonds is 4. The normalized spacial score (nSPS) is 18.5. The van der Waals surface area contributed by atoms with Crippen molar-refractivity contribution in [2.75, 3.05) is 19.3 Å². The minimum Gasteiger partial charge on any atom is -0.396 e. The molecule has 1 amide bonds. The number of carbonyl (C=O) groups is 1. The Bertz CT molecular complexity index is 1310. The molecule has 0 aliphatic carbocycles. The van der Waals surface area contributed by atoms with Gasteiger partial charge in [0.2, 0.25) is 5.60 Å². The molecule has 0 spiro atoms. The maximum atomic E-state index is 12.3. The first-order valence-electron chi connectivity index (χ1n) is 9.93. The number of carbonyl (C=O) groups excluding carboxylic acids is 1. The lowest BCUT2D eigenvalue weighted by atomic mass is 9.98. The van der Waals surface area contributed by atoms with Crippen LogP contribution < -0.4 is 5.73 Å². The van der Waals surface area contributed by atoms with E-state index in [1.807, 2.05) is 12.1 Å². The summed E-state index contributed by atoms with van der Waals surface area (Å²) in [6, 6.07) is 8.66. The predicted octanol–water partition coefficient (Wildman–Crippen LogP) is 1.32. The average molecular weight is 432 g/mol. The van der Waals surface area contributed by atoms with Crippen LogP contribution in [0.25, 0.3) is 28.7 Å². The molecule has 0 radical (unpaired) electrons. The van der Waals surface area contributed by atoms with Crippen LogP contribution in [0.15, 0.2) is 47.2 Å². The van der Waals surface area contributed by atoms with Crippen molar-refractivity contribution in [2.45, 2.75) is 18.9 Å². The number of amides is 1. The molecule has 0 bridgehead atoms. The van der Waals surface area contributed by atoms with E-state index in [9.17, 15) is 9.90 Å². The number of aliphatic hydroxyl groups is 1. The van der Waals surface area contributed by atoms with Crippen LogP contribution in [0.4, 0.5) is 5.69 Å². The summed E-state index contributed by atoms with van der Waals surface area (Å²) in [4.78, 5) is 27.2. The largest absolute Gasteiger partial charge is 0.396 e. The fourth-order valence-corrected chi connectivity index (χ4v) is 3.57. The standard InChI is InChI=1S/C21H20N8O3/c1-12-13(22)11-29(26-12)20-23-8-6-16(25-20)14-4-3-5-15(24-14)17-10-18(32-27-17)21(31)7-9-28(2)19(21)30/h3-6,8,10-11,31H,7,9,22H2,1-2H3. The number of anilines is 1. The number of aryl methyl sites for hydroxylation is 1. The molecule has 5 heterocycles. The highest BCUT2D eigenvalue weighted by Gasteiger charge is 2.48. The zero-order valence-electron chi connectivity index (χ0n) is 17.4. The summed E-state index contributed by atoms with van der Waals surface area (Å²) in [6.45, 7) is 2.25. The van der Waals surface area contributed by atoms with E-state index in [2.05, 4.69) is 25.2 Å². The highest BCUT2D eigenvalue weighted by atomic mass is 16.5. The number of nitrogens with zero attached hydrogens (tertiary/aromatic N) is 7. The number of hydrogen-bond donors (Lipinski definition) is 2. The van der Waals surface area contributed by atoms with Gasteiger partial charge < -0.3 is 20.3 Å². The van der Waals surface area contributed by atoms with Gasteiger partial charge in [-0.25, -0.2) is 19.6 Å². The van der Waals surface area contributed by atoms with Gasteiger partial charge in [0.15, 0.2) is 5.76 Å². The Kier molecular flexibility index (Phi) is 4.48. The van der Waals surface area contributed by atoms with Crippen molar-refractivity contribution in [3.63, 3.8) is 0 Å². The fourth-order valence-electron chi connectivity index (χ4n) is 3.57. The SMILES string of the molecule is Cc1nn(-c2nccc(-c3cccc(-c4cc(C5(O)CCN(C)C5=O)on4)n3)n2)cc1N. The highest BCUT2D eigenvalue weighted by molar-refractivity contribution is 5.87. The van der Waals surface area contributed by atoms with Gasteiger partial charge in [0.05, 0.1) is 34.7 Å². The third-order valence-electron chi connectivity index (χ3n) is 5.49. The number of aromatic nitrogens is 6. The summed E-state index contributed by atoms with van der Waals surface area (Å²) in [5.74, 6) is 0.0549. The van der Waals surface area contributed by atoms with Gasteiger partial charge in [0.1, 0.15) is 5.69 Å². The quantitative estimate of drug-likeness (QED) is 0.487. The van der Waals surface area contributed by atoms with Crippen LogP contribution in [0, 0.1) is 6.92 Å². The van der Waals surface area contributed by atoms with Crippen LogP contribution >= 0.6 is 0 Å². The molecule has 4 aromatic rings. The van der Waals surface area contributed by atoms with Gasteiger partial charge in [-0.05, 0) is 25.1 Å². The Morgan fingerprint density at radius 2 is 1.91 bits per heavy atom. The van der Waals surface area contributed by atoms with Gasteiger partial charge in [-0.3, -0.25) is 4.79 Å². The first kappa shape index (κ1) is 19.8. The highest BCUT2D eigenvalue weighted by Crippen LogP contribution is 2.34. The fraction of sp³-hybridized carbons (Fsp3) is 0.238. The second-order valence-electron chi connectivity index (χ2n) is 7.68. The van der Waals surface area contributed by atoms with Crippen molar-refractivity contribution in [2.24, 2.45) is 0 Å². The molecule has 1 aliphatic rings. The zero-order valence-corrected chi connectivity index (χ0v) is 17.4. The Balaban J connectivity index is 1.47. The molecule has 3 N–H and O–H groups in total. The lowest BCUT2D eigenvalue weighted by Gasteiger charge is -2.16. The van der Waals surface area contributed by atoms with Crippen molar-refractivity contribution in [1.29, 1.82) is 0 Å². The molecule has 5 rings (SSSR count). The maximum Gasteiger partial charge on any atom is 0.262 e. The third kappa shape index (κ3) is 3.19. The molecule has 11 heteroatoms. The van der Waals surface area contributed by atoms with Gasteiger partial charge in [-0.2, -0.15) is 5.10 Å². The number of nitrogens with two attached hydrogens (primary N) is 1. The monoisotopic (exact) mass is 432 g/mol. The Morgan fingerprint density at radius 1 is 1.16 bits per heavy atom. The average Bonchev–Trinajstić information content (AvgIpc) is 3.50. The molecule has 1 fully saturated rings.